The predicted octanol–water partition coefficient (Wildman–Crippen LogP) is 3.63. The van der Waals surface area contributed by atoms with Gasteiger partial charge in [0.2, 0.25) is 0 Å². The molecule has 1 heterocycles. The highest BCUT2D eigenvalue weighted by molar-refractivity contribution is 7.10. The number of hydrazine groups is 1. The van der Waals surface area contributed by atoms with E-state index in [9.17, 15) is 0 Å². The Hall–Kier alpha value is -0.380. The Balaban J connectivity index is 1.63. The second-order valence-electron chi connectivity index (χ2n) is 7.14. The Kier molecular flexibility index (Phi) is 2.98. The molecule has 3 heteroatoms. The third kappa shape index (κ3) is 1.98. The van der Waals surface area contributed by atoms with E-state index in [-0.39, 0.29) is 0 Å². The molecule has 4 saturated carbocycles. The fourth-order valence-electron chi connectivity index (χ4n) is 5.57. The van der Waals surface area contributed by atoms with Gasteiger partial charge < -0.3 is 0 Å². The Labute approximate surface area is 119 Å². The fourth-order valence-corrected chi connectivity index (χ4v) is 6.31. The molecule has 4 aliphatic rings. The Morgan fingerprint density at radius 1 is 1.16 bits per heavy atom. The van der Waals surface area contributed by atoms with Crippen LogP contribution in [0.1, 0.15) is 48.6 Å². The molecule has 3 N–H and O–H groups in total. The zero-order valence-corrected chi connectivity index (χ0v) is 12.5. The normalized spacial score (nSPS) is 41.7. The maximum atomic E-state index is 5.95. The molecule has 19 heavy (non-hydrogen) atoms. The topological polar surface area (TPSA) is 38.0 Å². The first-order valence-electron chi connectivity index (χ1n) is 7.75. The molecule has 0 saturated heterocycles. The van der Waals surface area contributed by atoms with Gasteiger partial charge in [-0.15, -0.1) is 11.3 Å². The molecule has 0 amide bonds. The van der Waals surface area contributed by atoms with Gasteiger partial charge in [0.15, 0.2) is 0 Å². The summed E-state index contributed by atoms with van der Waals surface area (Å²) in [4.78, 5) is 1.40. The number of rotatable bonds is 3. The number of hydrogen-bond donors (Lipinski definition) is 2. The molecule has 4 bridgehead atoms. The van der Waals surface area contributed by atoms with Crippen LogP contribution in [0.25, 0.3) is 0 Å². The predicted molar refractivity (Wildman–Crippen MR) is 79.7 cm³/mol. The van der Waals surface area contributed by atoms with Gasteiger partial charge in [-0.2, -0.15) is 0 Å². The summed E-state index contributed by atoms with van der Waals surface area (Å²) in [5, 5.41) is 2.31. The molecule has 1 aromatic rings. The van der Waals surface area contributed by atoms with Crippen molar-refractivity contribution in [3.8, 4) is 0 Å². The smallest absolute Gasteiger partial charge is 0.0501 e. The summed E-state index contributed by atoms with van der Waals surface area (Å²) in [7, 11) is 0. The quantitative estimate of drug-likeness (QED) is 0.653. The van der Waals surface area contributed by atoms with E-state index in [1.807, 2.05) is 11.3 Å². The summed E-state index contributed by atoms with van der Waals surface area (Å²) in [5.41, 5.74) is 4.60. The van der Waals surface area contributed by atoms with Crippen molar-refractivity contribution < 1.29 is 0 Å². The average molecular weight is 276 g/mol. The maximum Gasteiger partial charge on any atom is 0.0501 e. The lowest BCUT2D eigenvalue weighted by molar-refractivity contribution is -0.0525. The summed E-state index contributed by atoms with van der Waals surface area (Å²) in [6, 6.07) is 2.72. The molecule has 5 rings (SSSR count). The van der Waals surface area contributed by atoms with Crippen molar-refractivity contribution in [2.24, 2.45) is 35.4 Å². The van der Waals surface area contributed by atoms with Gasteiger partial charge in [-0.05, 0) is 85.6 Å². The molecule has 1 atom stereocenters. The van der Waals surface area contributed by atoms with Crippen LogP contribution in [0.4, 0.5) is 0 Å². The lowest BCUT2D eigenvalue weighted by Gasteiger charge is -2.56. The molecule has 0 aromatic carbocycles. The summed E-state index contributed by atoms with van der Waals surface area (Å²) in [5.74, 6) is 10.7. The van der Waals surface area contributed by atoms with E-state index in [1.54, 1.807) is 0 Å². The summed E-state index contributed by atoms with van der Waals surface area (Å²) < 4.78 is 0. The molecule has 0 aliphatic heterocycles. The van der Waals surface area contributed by atoms with Crippen molar-refractivity contribution >= 4 is 11.3 Å². The highest BCUT2D eigenvalue weighted by Crippen LogP contribution is 2.59. The van der Waals surface area contributed by atoms with Gasteiger partial charge in [-0.3, -0.25) is 11.3 Å². The van der Waals surface area contributed by atoms with E-state index in [4.69, 9.17) is 5.84 Å². The van der Waals surface area contributed by atoms with Gasteiger partial charge >= 0.3 is 0 Å². The molecular formula is C16H24N2S. The highest BCUT2D eigenvalue weighted by atomic mass is 32.1. The number of nitrogens with one attached hydrogen (secondary N) is 1. The Morgan fingerprint density at radius 3 is 2.26 bits per heavy atom. The van der Waals surface area contributed by atoms with E-state index < -0.39 is 0 Å². The number of aryl methyl sites for hydroxylation is 1. The molecule has 104 valence electrons. The number of thiophene rings is 1. The SMILES string of the molecule is Cc1cc(C(NN)C2C3CC4CC(C3)CC2C4)cs1. The van der Waals surface area contributed by atoms with E-state index in [0.717, 1.165) is 29.6 Å². The second kappa shape index (κ2) is 4.57. The third-order valence-electron chi connectivity index (χ3n) is 5.97. The Morgan fingerprint density at radius 2 is 1.79 bits per heavy atom. The fraction of sp³-hybridized carbons (Fsp3) is 0.750. The first-order chi connectivity index (χ1) is 9.24. The van der Waals surface area contributed by atoms with Crippen molar-refractivity contribution in [1.82, 2.24) is 5.43 Å². The molecule has 1 unspecified atom stereocenters. The minimum Gasteiger partial charge on any atom is -0.271 e. The van der Waals surface area contributed by atoms with Crippen LogP contribution in [0.5, 0.6) is 0 Å². The molecule has 0 radical (unpaired) electrons. The molecule has 4 aliphatic carbocycles. The van der Waals surface area contributed by atoms with Crippen molar-refractivity contribution in [1.29, 1.82) is 0 Å². The van der Waals surface area contributed by atoms with Gasteiger partial charge in [0.25, 0.3) is 0 Å². The van der Waals surface area contributed by atoms with Crippen LogP contribution in [-0.4, -0.2) is 0 Å². The van der Waals surface area contributed by atoms with Crippen molar-refractivity contribution in [2.75, 3.05) is 0 Å². The second-order valence-corrected chi connectivity index (χ2v) is 8.26. The largest absolute Gasteiger partial charge is 0.271 e. The summed E-state index contributed by atoms with van der Waals surface area (Å²) >= 11 is 1.85. The molecule has 1 aromatic heterocycles. The lowest BCUT2D eigenvalue weighted by Crippen LogP contribution is -2.50. The van der Waals surface area contributed by atoms with Gasteiger partial charge in [0.1, 0.15) is 0 Å². The minimum absolute atomic E-state index is 0.389. The van der Waals surface area contributed by atoms with Crippen LogP contribution in [-0.2, 0) is 0 Å². The van der Waals surface area contributed by atoms with Crippen LogP contribution in [0.3, 0.4) is 0 Å². The number of hydrogen-bond acceptors (Lipinski definition) is 3. The molecule has 2 nitrogen and oxygen atoms in total. The molecule has 0 spiro atoms. The number of nitrogens with two attached hydrogens (primary N) is 1. The van der Waals surface area contributed by atoms with Gasteiger partial charge in [0, 0.05) is 4.88 Å². The van der Waals surface area contributed by atoms with Gasteiger partial charge in [-0.1, -0.05) is 0 Å². The first-order valence-corrected chi connectivity index (χ1v) is 8.63. The van der Waals surface area contributed by atoms with Crippen LogP contribution >= 0.6 is 11.3 Å². The summed E-state index contributed by atoms with van der Waals surface area (Å²) in [6.45, 7) is 2.19. The zero-order valence-electron chi connectivity index (χ0n) is 11.6. The maximum absolute atomic E-state index is 5.95. The van der Waals surface area contributed by atoms with Crippen molar-refractivity contribution in [3.63, 3.8) is 0 Å². The van der Waals surface area contributed by atoms with Crippen LogP contribution in [0, 0.1) is 36.5 Å². The lowest BCUT2D eigenvalue weighted by atomic mass is 9.50. The van der Waals surface area contributed by atoms with Crippen molar-refractivity contribution in [3.05, 3.63) is 21.9 Å². The van der Waals surface area contributed by atoms with E-state index in [1.165, 1.54) is 42.5 Å². The Bertz CT molecular complexity index is 439. The molecule has 4 fully saturated rings. The van der Waals surface area contributed by atoms with Crippen LogP contribution in [0.15, 0.2) is 11.4 Å². The minimum atomic E-state index is 0.389. The zero-order chi connectivity index (χ0) is 13.0. The van der Waals surface area contributed by atoms with E-state index in [2.05, 4.69) is 23.8 Å². The van der Waals surface area contributed by atoms with E-state index in [0.29, 0.717) is 6.04 Å². The standard InChI is InChI=1S/C16H24N2S/c1-9-2-14(8-19-9)16(18-17)15-12-4-10-3-11(6-12)7-13(15)5-10/h2,8,10-13,15-16,18H,3-7,17H2,1H3. The monoisotopic (exact) mass is 276 g/mol. The average Bonchev–Trinajstić information content (AvgIpc) is 2.79. The van der Waals surface area contributed by atoms with Gasteiger partial charge in [0.05, 0.1) is 6.04 Å². The third-order valence-corrected chi connectivity index (χ3v) is 6.85. The van der Waals surface area contributed by atoms with Crippen molar-refractivity contribution in [2.45, 2.75) is 45.1 Å². The molecular weight excluding hydrogens is 252 g/mol. The first kappa shape index (κ1) is 12.4. The van der Waals surface area contributed by atoms with Gasteiger partial charge in [-0.25, -0.2) is 0 Å². The highest BCUT2D eigenvalue weighted by Gasteiger charge is 2.50. The van der Waals surface area contributed by atoms with Crippen LogP contribution in [0.2, 0.25) is 0 Å². The summed E-state index contributed by atoms with van der Waals surface area (Å²) in [6.07, 6.45) is 7.41. The van der Waals surface area contributed by atoms with E-state index >= 15 is 0 Å². The van der Waals surface area contributed by atoms with Crippen LogP contribution < -0.4 is 11.3 Å².